The van der Waals surface area contributed by atoms with Crippen LogP contribution in [0.1, 0.15) is 25.5 Å². The molecule has 3 rings (SSSR count). The number of rotatable bonds is 3. The smallest absolute Gasteiger partial charge is 0.404 e. The van der Waals surface area contributed by atoms with Gasteiger partial charge in [-0.2, -0.15) is 4.98 Å². The number of carbonyl (C=O) groups is 2. The first-order chi connectivity index (χ1) is 10.8. The molecule has 1 aliphatic heterocycles. The van der Waals surface area contributed by atoms with E-state index in [9.17, 15) is 9.59 Å². The monoisotopic (exact) mass is 320 g/mol. The molecule has 23 heavy (non-hydrogen) atoms. The van der Waals surface area contributed by atoms with Crippen molar-refractivity contribution in [1.82, 2.24) is 15.3 Å². The molecule has 124 valence electrons. The summed E-state index contributed by atoms with van der Waals surface area (Å²) in [5.41, 5.74) is 1.34. The maximum absolute atomic E-state index is 11.9. The van der Waals surface area contributed by atoms with Crippen LogP contribution in [0.5, 0.6) is 0 Å². The van der Waals surface area contributed by atoms with Gasteiger partial charge in [0, 0.05) is 19.1 Å². The van der Waals surface area contributed by atoms with E-state index >= 15 is 0 Å². The fourth-order valence-corrected chi connectivity index (χ4v) is 2.82. The Morgan fingerprint density at radius 2 is 2.04 bits per heavy atom. The molecule has 1 atom stereocenters. The molecule has 9 nitrogen and oxygen atoms in total. The third-order valence-electron chi connectivity index (χ3n) is 4.41. The lowest BCUT2D eigenvalue weighted by Crippen LogP contribution is -2.49. The largest absolute Gasteiger partial charge is 0.465 e. The number of nitrogens with one attached hydrogen (secondary N) is 3. The number of anilines is 3. The van der Waals surface area contributed by atoms with E-state index in [0.29, 0.717) is 36.0 Å². The lowest BCUT2D eigenvalue weighted by Gasteiger charge is -2.36. The zero-order chi connectivity index (χ0) is 16.7. The fraction of sp³-hybridized carbons (Fsp3) is 0.571. The number of nitrogens with zero attached hydrogens (tertiary/aromatic N) is 3. The van der Waals surface area contributed by atoms with Crippen molar-refractivity contribution in [3.63, 3.8) is 0 Å². The van der Waals surface area contributed by atoms with E-state index < -0.39 is 6.09 Å². The third-order valence-corrected chi connectivity index (χ3v) is 4.41. The van der Waals surface area contributed by atoms with Crippen molar-refractivity contribution in [3.8, 4) is 0 Å². The molecule has 0 spiro atoms. The molecule has 0 aromatic carbocycles. The Balaban J connectivity index is 1.72. The SMILES string of the molecule is Cc1nc(N[C@H]2C[C@@H](NC(=O)O)C2)nc2c1NC(=O)[C@H](C)N2C. The van der Waals surface area contributed by atoms with E-state index in [4.69, 9.17) is 5.11 Å². The van der Waals surface area contributed by atoms with E-state index in [2.05, 4.69) is 25.9 Å². The summed E-state index contributed by atoms with van der Waals surface area (Å²) >= 11 is 0. The lowest BCUT2D eigenvalue weighted by atomic mass is 9.87. The lowest BCUT2D eigenvalue weighted by molar-refractivity contribution is -0.117. The van der Waals surface area contributed by atoms with Crippen molar-refractivity contribution < 1.29 is 14.7 Å². The zero-order valence-electron chi connectivity index (χ0n) is 13.3. The highest BCUT2D eigenvalue weighted by atomic mass is 16.4. The van der Waals surface area contributed by atoms with Crippen molar-refractivity contribution in [2.24, 2.45) is 0 Å². The summed E-state index contributed by atoms with van der Waals surface area (Å²) in [6.45, 7) is 3.64. The van der Waals surface area contributed by atoms with Crippen LogP contribution < -0.4 is 20.9 Å². The highest BCUT2D eigenvalue weighted by molar-refractivity contribution is 6.03. The summed E-state index contributed by atoms with van der Waals surface area (Å²) in [5.74, 6) is 1.11. The van der Waals surface area contributed by atoms with E-state index in [0.717, 1.165) is 0 Å². The Morgan fingerprint density at radius 1 is 1.35 bits per heavy atom. The first-order valence-corrected chi connectivity index (χ1v) is 7.53. The van der Waals surface area contributed by atoms with Crippen LogP contribution in [0, 0.1) is 6.92 Å². The zero-order valence-corrected chi connectivity index (χ0v) is 13.3. The van der Waals surface area contributed by atoms with Crippen molar-refractivity contribution in [3.05, 3.63) is 5.69 Å². The Labute approximate surface area is 133 Å². The van der Waals surface area contributed by atoms with Gasteiger partial charge in [0.2, 0.25) is 11.9 Å². The van der Waals surface area contributed by atoms with Gasteiger partial charge < -0.3 is 26.0 Å². The number of likely N-dealkylation sites (N-methyl/N-ethyl adjacent to an activating group) is 1. The van der Waals surface area contributed by atoms with Crippen molar-refractivity contribution in [2.75, 3.05) is 22.6 Å². The minimum Gasteiger partial charge on any atom is -0.465 e. The average Bonchev–Trinajstić information content (AvgIpc) is 2.44. The summed E-state index contributed by atoms with van der Waals surface area (Å²) in [6.07, 6.45) is 0.407. The first-order valence-electron chi connectivity index (χ1n) is 7.53. The molecular weight excluding hydrogens is 300 g/mol. The molecule has 1 aliphatic carbocycles. The van der Waals surface area contributed by atoms with Gasteiger partial charge in [0.25, 0.3) is 0 Å². The van der Waals surface area contributed by atoms with Gasteiger partial charge in [0.05, 0.1) is 5.69 Å². The first kappa shape index (κ1) is 15.3. The third kappa shape index (κ3) is 2.86. The van der Waals surface area contributed by atoms with E-state index in [-0.39, 0.29) is 24.0 Å². The molecule has 0 saturated heterocycles. The van der Waals surface area contributed by atoms with Gasteiger partial charge in [-0.05, 0) is 26.7 Å². The van der Waals surface area contributed by atoms with Crippen LogP contribution in [0.2, 0.25) is 0 Å². The average molecular weight is 320 g/mol. The Bertz CT molecular complexity index is 658. The van der Waals surface area contributed by atoms with Gasteiger partial charge in [0.1, 0.15) is 11.7 Å². The van der Waals surface area contributed by atoms with Crippen LogP contribution in [-0.2, 0) is 4.79 Å². The standard InChI is InChI=1S/C14H20N6O3/c1-6-10-11(20(3)7(2)12(21)18-10)19-13(15-6)16-8-4-9(5-8)17-14(22)23/h7-9,17H,4-5H2,1-3H3,(H,18,21)(H,22,23)(H,15,16,19)/t7-,8-,9+/m0/s1. The number of carbonyl (C=O) groups excluding carboxylic acids is 1. The quantitative estimate of drug-likeness (QED) is 0.649. The van der Waals surface area contributed by atoms with Crippen molar-refractivity contribution >= 4 is 29.5 Å². The Hall–Kier alpha value is -2.58. The predicted octanol–water partition coefficient (Wildman–Crippen LogP) is 0.772. The van der Waals surface area contributed by atoms with Crippen LogP contribution in [0.3, 0.4) is 0 Å². The molecule has 4 N–H and O–H groups in total. The number of hydrogen-bond donors (Lipinski definition) is 4. The molecule has 1 aromatic heterocycles. The normalized spacial score (nSPS) is 26.0. The highest BCUT2D eigenvalue weighted by Crippen LogP contribution is 2.33. The molecule has 0 radical (unpaired) electrons. The number of aryl methyl sites for hydroxylation is 1. The number of aromatic nitrogens is 2. The second-order valence-corrected chi connectivity index (χ2v) is 6.07. The summed E-state index contributed by atoms with van der Waals surface area (Å²) in [6, 6.07) is -0.173. The minimum absolute atomic E-state index is 0.0225. The number of fused-ring (bicyclic) bond motifs is 1. The Kier molecular flexibility index (Phi) is 3.70. The van der Waals surface area contributed by atoms with Gasteiger partial charge in [-0.25, -0.2) is 9.78 Å². The maximum Gasteiger partial charge on any atom is 0.404 e. The maximum atomic E-state index is 11.9. The molecule has 1 fully saturated rings. The topological polar surface area (TPSA) is 119 Å². The number of hydrogen-bond acceptors (Lipinski definition) is 6. The molecule has 2 amide bonds. The summed E-state index contributed by atoms with van der Waals surface area (Å²) in [7, 11) is 1.83. The van der Waals surface area contributed by atoms with Gasteiger partial charge >= 0.3 is 6.09 Å². The van der Waals surface area contributed by atoms with Gasteiger partial charge in [0.15, 0.2) is 5.82 Å². The van der Waals surface area contributed by atoms with E-state index in [1.165, 1.54) is 0 Å². The molecular formula is C14H20N6O3. The number of carboxylic acid groups (broad SMARTS) is 1. The highest BCUT2D eigenvalue weighted by Gasteiger charge is 2.33. The van der Waals surface area contributed by atoms with Gasteiger partial charge in [-0.1, -0.05) is 0 Å². The van der Waals surface area contributed by atoms with Crippen molar-refractivity contribution in [2.45, 2.75) is 44.8 Å². The van der Waals surface area contributed by atoms with Gasteiger partial charge in [-0.3, -0.25) is 4.79 Å². The molecule has 0 bridgehead atoms. The molecule has 0 unspecified atom stereocenters. The minimum atomic E-state index is -0.999. The molecule has 2 aliphatic rings. The second-order valence-electron chi connectivity index (χ2n) is 6.07. The van der Waals surface area contributed by atoms with Crippen LogP contribution in [0.4, 0.5) is 22.2 Å². The molecule has 2 heterocycles. The van der Waals surface area contributed by atoms with Crippen LogP contribution >= 0.6 is 0 Å². The molecule has 1 aromatic rings. The van der Waals surface area contributed by atoms with E-state index in [1.807, 2.05) is 25.8 Å². The summed E-state index contributed by atoms with van der Waals surface area (Å²) in [5, 5.41) is 17.2. The van der Waals surface area contributed by atoms with Crippen LogP contribution in [-0.4, -0.2) is 52.2 Å². The Morgan fingerprint density at radius 3 is 2.70 bits per heavy atom. The van der Waals surface area contributed by atoms with Crippen LogP contribution in [0.15, 0.2) is 0 Å². The summed E-state index contributed by atoms with van der Waals surface area (Å²) in [4.78, 5) is 33.2. The second kappa shape index (κ2) is 5.56. The van der Waals surface area contributed by atoms with Crippen LogP contribution in [0.25, 0.3) is 0 Å². The number of amides is 2. The molecule has 1 saturated carbocycles. The fourth-order valence-electron chi connectivity index (χ4n) is 2.82. The van der Waals surface area contributed by atoms with Gasteiger partial charge in [-0.15, -0.1) is 0 Å². The summed E-state index contributed by atoms with van der Waals surface area (Å²) < 4.78 is 0. The molecule has 9 heteroatoms. The van der Waals surface area contributed by atoms with E-state index in [1.54, 1.807) is 0 Å². The predicted molar refractivity (Wildman–Crippen MR) is 84.9 cm³/mol. The van der Waals surface area contributed by atoms with Crippen molar-refractivity contribution in [1.29, 1.82) is 0 Å².